The van der Waals surface area contributed by atoms with Crippen LogP contribution in [0.2, 0.25) is 0 Å². The van der Waals surface area contributed by atoms with Gasteiger partial charge in [-0.2, -0.15) is 0 Å². The third-order valence-corrected chi connectivity index (χ3v) is 16.1. The van der Waals surface area contributed by atoms with Crippen molar-refractivity contribution in [3.05, 3.63) is 194 Å². The molecule has 0 aliphatic rings. The van der Waals surface area contributed by atoms with Crippen LogP contribution in [-0.4, -0.2) is 70.0 Å². The van der Waals surface area contributed by atoms with E-state index in [1.807, 2.05) is 21.1 Å². The molecule has 0 rings (SSSR count). The first kappa shape index (κ1) is 88.8. The van der Waals surface area contributed by atoms with E-state index in [4.69, 9.17) is 18.5 Å². The highest BCUT2D eigenvalue weighted by Crippen LogP contribution is 2.38. The summed E-state index contributed by atoms with van der Waals surface area (Å²) in [6.45, 7) is 3.99. The molecule has 0 fully saturated rings. The van der Waals surface area contributed by atoms with Crippen LogP contribution in [0.5, 0.6) is 0 Å². The highest BCUT2D eigenvalue weighted by Gasteiger charge is 2.22. The molecule has 0 bridgehead atoms. The molecular formula is C84H136NO8P. The minimum absolute atomic E-state index is 0.0428. The van der Waals surface area contributed by atoms with Gasteiger partial charge in [0.25, 0.3) is 7.82 Å². The smallest absolute Gasteiger partial charge is 0.306 e. The lowest BCUT2D eigenvalue weighted by Gasteiger charge is -2.28. The molecule has 0 saturated heterocycles. The number of rotatable bonds is 66. The van der Waals surface area contributed by atoms with Crippen molar-refractivity contribution in [3.63, 3.8) is 0 Å². The molecule has 0 aromatic carbocycles. The van der Waals surface area contributed by atoms with Crippen molar-refractivity contribution < 1.29 is 42.1 Å². The number of allylic oxidation sites excluding steroid dienone is 32. The monoisotopic (exact) mass is 1320 g/mol. The molecule has 0 saturated carbocycles. The molecule has 530 valence electrons. The van der Waals surface area contributed by atoms with E-state index in [2.05, 4.69) is 208 Å². The number of phosphoric acid groups is 1. The van der Waals surface area contributed by atoms with E-state index in [9.17, 15) is 19.0 Å². The third-order valence-electron chi connectivity index (χ3n) is 15.1. The van der Waals surface area contributed by atoms with Crippen molar-refractivity contribution in [1.82, 2.24) is 0 Å². The molecule has 0 N–H and O–H groups in total. The molecule has 9 nitrogen and oxygen atoms in total. The van der Waals surface area contributed by atoms with E-state index in [0.717, 1.165) is 161 Å². The summed E-state index contributed by atoms with van der Waals surface area (Å²) in [5, 5.41) is 0. The summed E-state index contributed by atoms with van der Waals surface area (Å²) in [4.78, 5) is 38.1. The van der Waals surface area contributed by atoms with Crippen LogP contribution >= 0.6 is 7.82 Å². The number of esters is 2. The number of nitrogens with zero attached hydrogens (tertiary/aromatic N) is 1. The molecular weight excluding hydrogens is 1180 g/mol. The van der Waals surface area contributed by atoms with Gasteiger partial charge in [-0.1, -0.05) is 311 Å². The van der Waals surface area contributed by atoms with E-state index >= 15 is 0 Å². The first-order chi connectivity index (χ1) is 46.0. The van der Waals surface area contributed by atoms with Gasteiger partial charge in [-0.15, -0.1) is 0 Å². The van der Waals surface area contributed by atoms with E-state index < -0.39 is 32.5 Å². The normalized spacial score (nSPS) is 14.2. The van der Waals surface area contributed by atoms with Gasteiger partial charge in [-0.05, 0) is 141 Å². The van der Waals surface area contributed by atoms with Crippen LogP contribution in [0.3, 0.4) is 0 Å². The molecule has 0 amide bonds. The number of likely N-dealkylation sites (N-methyl/N-ethyl adjacent to an activating group) is 1. The van der Waals surface area contributed by atoms with Crippen LogP contribution in [0.4, 0.5) is 0 Å². The van der Waals surface area contributed by atoms with Crippen LogP contribution < -0.4 is 4.89 Å². The molecule has 0 heterocycles. The van der Waals surface area contributed by atoms with E-state index in [1.54, 1.807) is 0 Å². The molecule has 0 aliphatic carbocycles. The third kappa shape index (κ3) is 75.9. The molecule has 0 aromatic heterocycles. The zero-order valence-electron chi connectivity index (χ0n) is 60.3. The first-order valence-electron chi connectivity index (χ1n) is 37.1. The average Bonchev–Trinajstić information content (AvgIpc) is 1.57. The van der Waals surface area contributed by atoms with Crippen LogP contribution in [0.1, 0.15) is 271 Å². The molecule has 0 spiro atoms. The standard InChI is InChI=1S/C84H136NO8P/c1-6-8-10-12-14-16-18-20-22-24-26-28-30-32-34-36-37-38-39-40-41-42-43-44-45-46-47-49-51-53-55-57-59-61-63-65-67-69-71-73-75-77-84(87)93-82(81-92-94(88,89)91-79-78-85(3,4)5)80-90-83(86)76-74-72-70-68-66-64-62-60-58-56-54-52-50-48-35-33-31-29-27-25-23-21-19-17-15-13-11-9-7-2/h8-11,14-17,20-23,26-29,32-35,37-38,40-41,43-44,46-47,51,53,57,59,82H,6-7,12-13,18-19,24-25,30-31,36,39,42,45,48-50,52,54-56,58,60-81H2,1-5H3/b10-8-,11-9-,16-14-,17-15-,22-20-,23-21-,28-26-,29-27-,34-32-,35-33-,38-37-,41-40-,44-43-,47-46-,53-51-,59-57-. The molecule has 94 heavy (non-hydrogen) atoms. The number of ether oxygens (including phenoxy) is 2. The summed E-state index contributed by atoms with van der Waals surface area (Å²) in [6.07, 6.45) is 112. The van der Waals surface area contributed by atoms with Crippen LogP contribution in [0.25, 0.3) is 0 Å². The summed E-state index contributed by atoms with van der Waals surface area (Å²) in [6, 6.07) is 0. The van der Waals surface area contributed by atoms with E-state index in [-0.39, 0.29) is 26.1 Å². The summed E-state index contributed by atoms with van der Waals surface area (Å²) < 4.78 is 34.3. The predicted molar refractivity (Wildman–Crippen MR) is 406 cm³/mol. The number of carbonyl (C=O) groups is 2. The summed E-state index contributed by atoms with van der Waals surface area (Å²) >= 11 is 0. The molecule has 0 radical (unpaired) electrons. The summed E-state index contributed by atoms with van der Waals surface area (Å²) in [7, 11) is 1.14. The average molecular weight is 1320 g/mol. The summed E-state index contributed by atoms with van der Waals surface area (Å²) in [5.41, 5.74) is 0. The molecule has 10 heteroatoms. The van der Waals surface area contributed by atoms with Gasteiger partial charge < -0.3 is 27.9 Å². The largest absolute Gasteiger partial charge is 0.756 e. The van der Waals surface area contributed by atoms with E-state index in [1.165, 1.54) is 77.0 Å². The van der Waals surface area contributed by atoms with Crippen molar-refractivity contribution in [1.29, 1.82) is 0 Å². The van der Waals surface area contributed by atoms with Gasteiger partial charge in [0, 0.05) is 12.8 Å². The second kappa shape index (κ2) is 72.1. The van der Waals surface area contributed by atoms with Gasteiger partial charge in [0.05, 0.1) is 27.7 Å². The number of hydrogen-bond donors (Lipinski definition) is 0. The maximum absolute atomic E-state index is 12.9. The lowest BCUT2D eigenvalue weighted by Crippen LogP contribution is -2.37. The highest BCUT2D eigenvalue weighted by atomic mass is 31.2. The Morgan fingerprint density at radius 3 is 0.851 bits per heavy atom. The number of quaternary nitrogens is 1. The number of carbonyl (C=O) groups excluding carboxylic acids is 2. The van der Waals surface area contributed by atoms with Gasteiger partial charge in [-0.3, -0.25) is 14.2 Å². The van der Waals surface area contributed by atoms with Crippen molar-refractivity contribution in [2.24, 2.45) is 0 Å². The Morgan fingerprint density at radius 2 is 0.574 bits per heavy atom. The lowest BCUT2D eigenvalue weighted by atomic mass is 10.0. The Hall–Kier alpha value is -5.15. The fourth-order valence-corrected chi connectivity index (χ4v) is 10.2. The Morgan fingerprint density at radius 1 is 0.330 bits per heavy atom. The first-order valence-corrected chi connectivity index (χ1v) is 38.6. The Balaban J connectivity index is 4.13. The quantitative estimate of drug-likeness (QED) is 0.0195. The van der Waals surface area contributed by atoms with Gasteiger partial charge >= 0.3 is 11.9 Å². The predicted octanol–water partition coefficient (Wildman–Crippen LogP) is 24.2. The Bertz CT molecular complexity index is 2290. The zero-order valence-corrected chi connectivity index (χ0v) is 61.2. The van der Waals surface area contributed by atoms with Crippen LogP contribution in [0, 0.1) is 0 Å². The molecule has 2 atom stereocenters. The second-order valence-electron chi connectivity index (χ2n) is 25.2. The second-order valence-corrected chi connectivity index (χ2v) is 26.6. The van der Waals surface area contributed by atoms with Gasteiger partial charge in [-0.25, -0.2) is 0 Å². The van der Waals surface area contributed by atoms with Crippen molar-refractivity contribution in [2.45, 2.75) is 277 Å². The van der Waals surface area contributed by atoms with Crippen molar-refractivity contribution >= 4 is 19.8 Å². The van der Waals surface area contributed by atoms with Crippen LogP contribution in [0.15, 0.2) is 194 Å². The lowest BCUT2D eigenvalue weighted by molar-refractivity contribution is -0.870. The fraction of sp³-hybridized carbons (Fsp3) is 0.595. The van der Waals surface area contributed by atoms with Gasteiger partial charge in [0.15, 0.2) is 6.10 Å². The van der Waals surface area contributed by atoms with Gasteiger partial charge in [0.1, 0.15) is 19.8 Å². The fourth-order valence-electron chi connectivity index (χ4n) is 9.51. The molecule has 0 aliphatic heterocycles. The zero-order chi connectivity index (χ0) is 68.3. The highest BCUT2D eigenvalue weighted by molar-refractivity contribution is 7.45. The molecule has 2 unspecified atom stereocenters. The van der Waals surface area contributed by atoms with Crippen molar-refractivity contribution in [3.8, 4) is 0 Å². The minimum Gasteiger partial charge on any atom is -0.756 e. The van der Waals surface area contributed by atoms with Crippen molar-refractivity contribution in [2.75, 3.05) is 47.5 Å². The summed E-state index contributed by atoms with van der Waals surface area (Å²) in [5.74, 6) is -0.857. The molecule has 0 aromatic rings. The minimum atomic E-state index is -4.66. The van der Waals surface area contributed by atoms with Crippen LogP contribution in [-0.2, 0) is 32.7 Å². The van der Waals surface area contributed by atoms with E-state index in [0.29, 0.717) is 17.4 Å². The number of phosphoric ester groups is 1. The maximum Gasteiger partial charge on any atom is 0.306 e. The van der Waals surface area contributed by atoms with Gasteiger partial charge in [0.2, 0.25) is 0 Å². The topological polar surface area (TPSA) is 111 Å². The Kier molecular flexibility index (Phi) is 68.2. The SMILES string of the molecule is CC/C=C\C/C=C\C/C=C\C/C=C\C/C=C\C/C=C\C/C=C\C/C=C\C/C=C\C/C=C\C/C=C\CCCCCCCCCC(=O)OC(COC(=O)CCCCCCCCCCCCCCC/C=C\C/C=C\C/C=C\C/C=C\C/C=C\CC)COP(=O)([O-])OCC[N+](C)(C)C. The maximum atomic E-state index is 12.9. The number of unbranched alkanes of at least 4 members (excludes halogenated alkanes) is 20. The Labute approximate surface area is 577 Å². The number of hydrogen-bond acceptors (Lipinski definition) is 8.